The van der Waals surface area contributed by atoms with Gasteiger partial charge in [0.2, 0.25) is 0 Å². The molecular weight excluding hydrogens is 364 g/mol. The number of ether oxygens (including phenoxy) is 1. The van der Waals surface area contributed by atoms with Crippen LogP contribution in [0.4, 0.5) is 5.82 Å². The number of aryl methyl sites for hydroxylation is 1. The van der Waals surface area contributed by atoms with Gasteiger partial charge in [-0.05, 0) is 57.1 Å². The predicted octanol–water partition coefficient (Wildman–Crippen LogP) is 3.86. The van der Waals surface area contributed by atoms with Crippen LogP contribution in [0.1, 0.15) is 24.7 Å². The number of anilines is 1. The molecule has 0 amide bonds. The molecule has 0 bridgehead atoms. The highest BCUT2D eigenvalue weighted by Gasteiger charge is 2.13. The summed E-state index contributed by atoms with van der Waals surface area (Å²) < 4.78 is 5.43. The molecule has 0 aliphatic carbocycles. The van der Waals surface area contributed by atoms with E-state index in [4.69, 9.17) is 10.5 Å². The van der Waals surface area contributed by atoms with Crippen LogP contribution in [0.2, 0.25) is 0 Å². The van der Waals surface area contributed by atoms with Crippen molar-refractivity contribution >= 4 is 27.9 Å². The largest absolute Gasteiger partial charge is 0.384 e. The number of rotatable bonds is 8. The average Bonchev–Trinajstić information content (AvgIpc) is 3.26. The Labute approximate surface area is 170 Å². The van der Waals surface area contributed by atoms with E-state index in [0.717, 1.165) is 60.8 Å². The van der Waals surface area contributed by atoms with E-state index in [1.54, 1.807) is 0 Å². The van der Waals surface area contributed by atoms with E-state index in [1.165, 1.54) is 10.9 Å². The second-order valence-electron chi connectivity index (χ2n) is 7.51. The second-order valence-corrected chi connectivity index (χ2v) is 7.51. The van der Waals surface area contributed by atoms with Crippen LogP contribution in [0.3, 0.4) is 0 Å². The summed E-state index contributed by atoms with van der Waals surface area (Å²) in [6, 6.07) is 10.6. The van der Waals surface area contributed by atoms with Crippen molar-refractivity contribution in [3.8, 4) is 11.3 Å². The summed E-state index contributed by atoms with van der Waals surface area (Å²) in [5, 5.41) is 1.18. The van der Waals surface area contributed by atoms with Crippen LogP contribution >= 0.6 is 0 Å². The number of nitrogens with zero attached hydrogens (tertiary/aromatic N) is 3. The zero-order chi connectivity index (χ0) is 20.4. The zero-order valence-electron chi connectivity index (χ0n) is 17.2. The van der Waals surface area contributed by atoms with Crippen molar-refractivity contribution in [2.75, 3.05) is 32.5 Å². The van der Waals surface area contributed by atoms with E-state index in [0.29, 0.717) is 11.5 Å². The number of nitrogens with one attached hydrogen (secondary N) is 2. The third kappa shape index (κ3) is 4.26. The van der Waals surface area contributed by atoms with Crippen molar-refractivity contribution < 1.29 is 4.74 Å². The number of hydrogen-bond donors (Lipinski definition) is 3. The van der Waals surface area contributed by atoms with Gasteiger partial charge in [0.1, 0.15) is 11.6 Å². The molecule has 0 radical (unpaired) electrons. The number of nitrogen functional groups attached to an aromatic ring is 1. The Kier molecular flexibility index (Phi) is 5.51. The van der Waals surface area contributed by atoms with Crippen molar-refractivity contribution in [1.29, 1.82) is 0 Å². The van der Waals surface area contributed by atoms with Crippen LogP contribution < -0.4 is 5.73 Å². The van der Waals surface area contributed by atoms with Gasteiger partial charge in [-0.25, -0.2) is 9.97 Å². The lowest BCUT2D eigenvalue weighted by Crippen LogP contribution is -2.20. The maximum absolute atomic E-state index is 6.01. The van der Waals surface area contributed by atoms with Crippen molar-refractivity contribution in [3.63, 3.8) is 0 Å². The maximum Gasteiger partial charge on any atom is 0.180 e. The monoisotopic (exact) mass is 392 g/mol. The van der Waals surface area contributed by atoms with E-state index >= 15 is 0 Å². The molecule has 0 spiro atoms. The molecule has 0 aliphatic heterocycles. The van der Waals surface area contributed by atoms with E-state index in [1.807, 2.05) is 19.9 Å². The summed E-state index contributed by atoms with van der Waals surface area (Å²) in [6.07, 6.45) is 1.05. The molecule has 4 N–H and O–H groups in total. The SMILES string of the molecule is CCOCCCN(C)Cc1ccc2[nH]c(-c3cc(N)nc4nc(C)[nH]c34)cc2c1. The minimum Gasteiger partial charge on any atom is -0.384 e. The van der Waals surface area contributed by atoms with Crippen LogP contribution in [0.15, 0.2) is 30.3 Å². The van der Waals surface area contributed by atoms with Gasteiger partial charge in [0.25, 0.3) is 0 Å². The van der Waals surface area contributed by atoms with Gasteiger partial charge in [-0.3, -0.25) is 0 Å². The summed E-state index contributed by atoms with van der Waals surface area (Å²) in [4.78, 5) is 17.9. The lowest BCUT2D eigenvalue weighted by atomic mass is 10.1. The molecule has 0 fully saturated rings. The van der Waals surface area contributed by atoms with Gasteiger partial charge >= 0.3 is 0 Å². The van der Waals surface area contributed by atoms with Gasteiger partial charge < -0.3 is 25.3 Å². The Balaban J connectivity index is 1.58. The Morgan fingerprint density at radius 3 is 2.83 bits per heavy atom. The van der Waals surface area contributed by atoms with Crippen LogP contribution in [-0.2, 0) is 11.3 Å². The fourth-order valence-corrected chi connectivity index (χ4v) is 3.73. The molecule has 29 heavy (non-hydrogen) atoms. The highest BCUT2D eigenvalue weighted by atomic mass is 16.5. The highest BCUT2D eigenvalue weighted by molar-refractivity contribution is 5.95. The number of aromatic amines is 2. The molecule has 1 aromatic carbocycles. The first-order chi connectivity index (χ1) is 14.0. The molecule has 0 saturated heterocycles. The summed E-state index contributed by atoms with van der Waals surface area (Å²) in [6.45, 7) is 7.48. The standard InChI is InChI=1S/C22H28N6O/c1-4-29-9-5-8-28(3)13-15-6-7-18-16(10-15)11-19(26-18)17-12-20(23)27-22-21(17)24-14(2)25-22/h6-7,10-12,26H,4-5,8-9,13H2,1-3H3,(H3,23,24,25,27). The lowest BCUT2D eigenvalue weighted by Gasteiger charge is -2.16. The van der Waals surface area contributed by atoms with Gasteiger partial charge in [0.05, 0.1) is 5.52 Å². The molecular formula is C22H28N6O. The first-order valence-corrected chi connectivity index (χ1v) is 10.0. The van der Waals surface area contributed by atoms with Gasteiger partial charge in [-0.15, -0.1) is 0 Å². The second kappa shape index (κ2) is 8.23. The van der Waals surface area contributed by atoms with Crippen LogP contribution in [0, 0.1) is 6.92 Å². The Morgan fingerprint density at radius 2 is 2.00 bits per heavy atom. The van der Waals surface area contributed by atoms with E-state index in [2.05, 4.69) is 56.1 Å². The number of imidazole rings is 1. The van der Waals surface area contributed by atoms with Crippen molar-refractivity contribution in [2.45, 2.75) is 26.8 Å². The number of aromatic nitrogens is 4. The summed E-state index contributed by atoms with van der Waals surface area (Å²) >= 11 is 0. The molecule has 0 saturated carbocycles. The molecule has 0 atom stereocenters. The van der Waals surface area contributed by atoms with Gasteiger partial charge in [0.15, 0.2) is 5.65 Å². The van der Waals surface area contributed by atoms with E-state index in [-0.39, 0.29) is 0 Å². The molecule has 4 rings (SSSR count). The summed E-state index contributed by atoms with van der Waals surface area (Å²) in [5.74, 6) is 1.29. The fourth-order valence-electron chi connectivity index (χ4n) is 3.73. The number of hydrogen-bond acceptors (Lipinski definition) is 5. The molecule has 0 aliphatic rings. The van der Waals surface area contributed by atoms with Gasteiger partial charge in [-0.2, -0.15) is 0 Å². The molecule has 7 heteroatoms. The van der Waals surface area contributed by atoms with Crippen molar-refractivity contribution in [2.24, 2.45) is 0 Å². The quantitative estimate of drug-likeness (QED) is 0.396. The maximum atomic E-state index is 6.01. The van der Waals surface area contributed by atoms with Crippen LogP contribution in [0.25, 0.3) is 33.3 Å². The van der Waals surface area contributed by atoms with Gasteiger partial charge in [0, 0.05) is 48.5 Å². The first-order valence-electron chi connectivity index (χ1n) is 10.0. The minimum atomic E-state index is 0.465. The molecule has 7 nitrogen and oxygen atoms in total. The fraction of sp³-hybridized carbons (Fsp3) is 0.364. The predicted molar refractivity (Wildman–Crippen MR) is 118 cm³/mol. The number of fused-ring (bicyclic) bond motifs is 2. The number of benzene rings is 1. The molecule has 4 aromatic rings. The third-order valence-electron chi connectivity index (χ3n) is 5.06. The third-order valence-corrected chi connectivity index (χ3v) is 5.06. The zero-order valence-corrected chi connectivity index (χ0v) is 17.2. The Bertz CT molecular complexity index is 1130. The molecule has 3 heterocycles. The van der Waals surface area contributed by atoms with E-state index in [9.17, 15) is 0 Å². The number of pyridine rings is 1. The smallest absolute Gasteiger partial charge is 0.180 e. The lowest BCUT2D eigenvalue weighted by molar-refractivity contribution is 0.135. The summed E-state index contributed by atoms with van der Waals surface area (Å²) in [5.41, 5.74) is 11.9. The minimum absolute atomic E-state index is 0.465. The number of nitrogens with two attached hydrogens (primary N) is 1. The van der Waals surface area contributed by atoms with Crippen molar-refractivity contribution in [1.82, 2.24) is 24.8 Å². The normalized spacial score (nSPS) is 11.9. The number of H-pyrrole nitrogens is 2. The summed E-state index contributed by atoms with van der Waals surface area (Å²) in [7, 11) is 2.15. The van der Waals surface area contributed by atoms with Crippen LogP contribution in [0.5, 0.6) is 0 Å². The molecule has 3 aromatic heterocycles. The van der Waals surface area contributed by atoms with Crippen LogP contribution in [-0.4, -0.2) is 51.6 Å². The topological polar surface area (TPSA) is 95.8 Å². The van der Waals surface area contributed by atoms with Crippen molar-refractivity contribution in [3.05, 3.63) is 41.7 Å². The van der Waals surface area contributed by atoms with E-state index < -0.39 is 0 Å². The Hall–Kier alpha value is -2.90. The highest BCUT2D eigenvalue weighted by Crippen LogP contribution is 2.30. The molecule has 152 valence electrons. The first kappa shape index (κ1) is 19.4. The Morgan fingerprint density at radius 1 is 1.14 bits per heavy atom. The van der Waals surface area contributed by atoms with Gasteiger partial charge in [-0.1, -0.05) is 6.07 Å². The average molecular weight is 393 g/mol. The molecule has 0 unspecified atom stereocenters.